The molecule has 306 valence electrons. The molecular formula is C44H52N5O8P. The molecular weight excluding hydrogens is 757 g/mol. The summed E-state index contributed by atoms with van der Waals surface area (Å²) in [4.78, 5) is 30.7. The maximum atomic E-state index is 14.2. The molecule has 5 aromatic rings. The van der Waals surface area contributed by atoms with Gasteiger partial charge >= 0.3 is 5.69 Å². The van der Waals surface area contributed by atoms with E-state index in [-0.39, 0.29) is 56.0 Å². The van der Waals surface area contributed by atoms with Crippen LogP contribution >= 0.6 is 8.53 Å². The Morgan fingerprint density at radius 3 is 2.10 bits per heavy atom. The summed E-state index contributed by atoms with van der Waals surface area (Å²) in [6.07, 6.45) is 1.70. The van der Waals surface area contributed by atoms with Crippen molar-refractivity contribution >= 4 is 20.0 Å². The molecule has 1 aliphatic heterocycles. The van der Waals surface area contributed by atoms with Crippen LogP contribution < -0.4 is 15.2 Å². The molecule has 3 aromatic carbocycles. The third-order valence-corrected chi connectivity index (χ3v) is 12.3. The number of carbonyl (C=O) groups is 1. The maximum absolute atomic E-state index is 14.2. The van der Waals surface area contributed by atoms with Crippen LogP contribution in [0.15, 0.2) is 102 Å². The number of aromatic nitrogens is 3. The smallest absolute Gasteiger partial charge is 0.336 e. The zero-order valence-electron chi connectivity index (χ0n) is 34.1. The summed E-state index contributed by atoms with van der Waals surface area (Å²) in [5.74, 6) is 1.32. The van der Waals surface area contributed by atoms with Crippen LogP contribution in [0.2, 0.25) is 0 Å². The lowest BCUT2D eigenvalue weighted by atomic mass is 9.80. The lowest BCUT2D eigenvalue weighted by Crippen LogP contribution is -2.39. The fraction of sp³-hybridized carbons (Fsp3) is 0.409. The molecule has 4 unspecified atom stereocenters. The second-order valence-electron chi connectivity index (χ2n) is 14.7. The van der Waals surface area contributed by atoms with E-state index in [0.717, 1.165) is 16.7 Å². The van der Waals surface area contributed by atoms with Crippen LogP contribution in [-0.4, -0.2) is 76.1 Å². The summed E-state index contributed by atoms with van der Waals surface area (Å²) >= 11 is 0. The number of Topliss-reactive ketones (excluding diaryl/α,β-unsaturated/α-hetero) is 1. The Hall–Kier alpha value is -4.93. The summed E-state index contributed by atoms with van der Waals surface area (Å²) in [5, 5.41) is 9.38. The van der Waals surface area contributed by atoms with E-state index < -0.39 is 32.6 Å². The summed E-state index contributed by atoms with van der Waals surface area (Å²) in [5.41, 5.74) is 1.99. The highest BCUT2D eigenvalue weighted by atomic mass is 31.2. The van der Waals surface area contributed by atoms with Crippen molar-refractivity contribution in [3.8, 4) is 17.6 Å². The number of rotatable bonds is 19. The first-order valence-corrected chi connectivity index (χ1v) is 20.6. The van der Waals surface area contributed by atoms with E-state index in [1.165, 1.54) is 15.9 Å². The average Bonchev–Trinajstić information content (AvgIpc) is 3.82. The second-order valence-corrected chi connectivity index (χ2v) is 16.1. The molecule has 0 amide bonds. The highest BCUT2D eigenvalue weighted by Crippen LogP contribution is 2.50. The summed E-state index contributed by atoms with van der Waals surface area (Å²) in [7, 11) is 1.58. The first-order chi connectivity index (χ1) is 28.0. The molecule has 0 radical (unpaired) electrons. The fourth-order valence-corrected chi connectivity index (χ4v) is 9.25. The van der Waals surface area contributed by atoms with Crippen LogP contribution in [0.3, 0.4) is 0 Å². The summed E-state index contributed by atoms with van der Waals surface area (Å²) in [6.45, 7) is 10.0. The predicted molar refractivity (Wildman–Crippen MR) is 221 cm³/mol. The minimum Gasteiger partial charge on any atom is -0.497 e. The zero-order chi connectivity index (χ0) is 41.4. The van der Waals surface area contributed by atoms with Crippen LogP contribution in [0, 0.1) is 11.3 Å². The van der Waals surface area contributed by atoms with E-state index >= 15 is 0 Å². The van der Waals surface area contributed by atoms with Crippen molar-refractivity contribution < 1.29 is 32.8 Å². The molecule has 6 rings (SSSR count). The van der Waals surface area contributed by atoms with Gasteiger partial charge in [-0.1, -0.05) is 54.6 Å². The number of carbonyl (C=O) groups excluding carboxylic acids is 1. The Labute approximate surface area is 341 Å². The Morgan fingerprint density at radius 1 is 0.948 bits per heavy atom. The highest BCUT2D eigenvalue weighted by molar-refractivity contribution is 7.44. The Balaban J connectivity index is 1.45. The van der Waals surface area contributed by atoms with Crippen LogP contribution in [0.25, 0.3) is 5.65 Å². The zero-order valence-corrected chi connectivity index (χ0v) is 35.0. The SMILES string of the molecule is COc1ccc(C(OCC2OC(n3ccc4ncc(CC(C)=O)n4c3=O)CC2OP(OCCC#N)N(C(C)C)C(C)C)(c2ccccc2)c2ccc(OC)cc2)cc1. The first-order valence-electron chi connectivity index (χ1n) is 19.5. The summed E-state index contributed by atoms with van der Waals surface area (Å²) in [6, 6.07) is 29.6. The second kappa shape index (κ2) is 19.2. The van der Waals surface area contributed by atoms with E-state index in [4.69, 9.17) is 28.0 Å². The van der Waals surface area contributed by atoms with Crippen molar-refractivity contribution in [1.29, 1.82) is 5.26 Å². The number of hydrogen-bond donors (Lipinski definition) is 0. The number of methoxy groups -OCH3 is 2. The average molecular weight is 810 g/mol. The van der Waals surface area contributed by atoms with Crippen LogP contribution in [0.1, 0.15) is 76.1 Å². The molecule has 0 spiro atoms. The van der Waals surface area contributed by atoms with Gasteiger partial charge < -0.3 is 28.0 Å². The van der Waals surface area contributed by atoms with Crippen LogP contribution in [0.4, 0.5) is 0 Å². The molecule has 13 nitrogen and oxygen atoms in total. The molecule has 0 aliphatic carbocycles. The van der Waals surface area contributed by atoms with E-state index in [1.807, 2.05) is 78.9 Å². The Morgan fingerprint density at radius 2 is 1.55 bits per heavy atom. The van der Waals surface area contributed by atoms with Gasteiger partial charge in [-0.15, -0.1) is 0 Å². The van der Waals surface area contributed by atoms with Gasteiger partial charge in [-0.05, 0) is 81.6 Å². The number of benzene rings is 3. The normalized spacial score (nSPS) is 17.6. The van der Waals surface area contributed by atoms with Crippen molar-refractivity contribution in [2.75, 3.05) is 27.4 Å². The predicted octanol–water partition coefficient (Wildman–Crippen LogP) is 7.60. The summed E-state index contributed by atoms with van der Waals surface area (Å²) < 4.78 is 43.7. The standard InChI is InChI=1S/C44H52N5O8P/c1-30(2)49(31(3)4)58(55-25-11-23-45)57-39-27-42(47-24-22-41-46-28-36(26-32(5)50)48(41)43(47)51)56-40(39)29-54-44(33-12-9-8-10-13-33,34-14-18-37(52-6)19-15-34)35-16-20-38(53-7)21-17-35/h8-10,12-22,24,28,30-31,39-40,42H,11,25-27,29H2,1-7H3. The van der Waals surface area contributed by atoms with Crippen molar-refractivity contribution in [1.82, 2.24) is 18.6 Å². The number of imidazole rings is 1. The number of ether oxygens (including phenoxy) is 4. The minimum atomic E-state index is -1.69. The number of nitriles is 1. The van der Waals surface area contributed by atoms with Gasteiger partial charge in [-0.2, -0.15) is 5.26 Å². The van der Waals surface area contributed by atoms with Crippen molar-refractivity contribution in [3.05, 3.63) is 130 Å². The van der Waals surface area contributed by atoms with E-state index in [9.17, 15) is 14.9 Å². The molecule has 1 aliphatic rings. The third-order valence-electron chi connectivity index (χ3n) is 10.1. The number of ketones is 1. The number of hydrogen-bond acceptors (Lipinski definition) is 11. The van der Waals surface area contributed by atoms with E-state index in [0.29, 0.717) is 22.8 Å². The monoisotopic (exact) mass is 809 g/mol. The Bertz CT molecular complexity index is 2160. The van der Waals surface area contributed by atoms with Gasteiger partial charge in [0, 0.05) is 37.3 Å². The van der Waals surface area contributed by atoms with Gasteiger partial charge in [0.25, 0.3) is 8.53 Å². The number of fused-ring (bicyclic) bond motifs is 1. The van der Waals surface area contributed by atoms with Gasteiger partial charge in [-0.3, -0.25) is 9.36 Å². The molecule has 3 heterocycles. The van der Waals surface area contributed by atoms with Crippen molar-refractivity contribution in [2.45, 2.75) is 90.0 Å². The van der Waals surface area contributed by atoms with Gasteiger partial charge in [0.15, 0.2) is 0 Å². The molecule has 1 fully saturated rings. The topological polar surface area (TPSA) is 139 Å². The highest BCUT2D eigenvalue weighted by Gasteiger charge is 2.45. The quantitative estimate of drug-likeness (QED) is 0.0463. The molecule has 58 heavy (non-hydrogen) atoms. The molecule has 0 bridgehead atoms. The van der Waals surface area contributed by atoms with Crippen LogP contribution in [0.5, 0.6) is 11.5 Å². The van der Waals surface area contributed by atoms with Crippen molar-refractivity contribution in [3.63, 3.8) is 0 Å². The lowest BCUT2D eigenvalue weighted by molar-refractivity contribution is -0.116. The maximum Gasteiger partial charge on any atom is 0.336 e. The number of nitrogens with zero attached hydrogens (tertiary/aromatic N) is 5. The molecule has 0 saturated carbocycles. The third kappa shape index (κ3) is 9.18. The molecule has 4 atom stereocenters. The molecule has 0 N–H and O–H groups in total. The molecule has 14 heteroatoms. The van der Waals surface area contributed by atoms with Crippen molar-refractivity contribution in [2.24, 2.45) is 0 Å². The minimum absolute atomic E-state index is 0.0382. The van der Waals surface area contributed by atoms with E-state index in [1.54, 1.807) is 32.7 Å². The van der Waals surface area contributed by atoms with Gasteiger partial charge in [-0.25, -0.2) is 18.8 Å². The van der Waals surface area contributed by atoms with Gasteiger partial charge in [0.2, 0.25) is 0 Å². The van der Waals surface area contributed by atoms with Gasteiger partial charge in [0.05, 0.1) is 51.7 Å². The first kappa shape index (κ1) is 42.7. The molecule has 2 aromatic heterocycles. The fourth-order valence-electron chi connectivity index (χ4n) is 7.49. The van der Waals surface area contributed by atoms with E-state index in [2.05, 4.69) is 43.4 Å². The largest absolute Gasteiger partial charge is 0.497 e. The molecule has 1 saturated heterocycles. The van der Waals surface area contributed by atoms with Crippen LogP contribution in [-0.2, 0) is 35.3 Å². The Kier molecular flexibility index (Phi) is 14.1. The lowest BCUT2D eigenvalue weighted by Gasteiger charge is -2.39. The van der Waals surface area contributed by atoms with Gasteiger partial charge in [0.1, 0.15) is 40.9 Å².